The Bertz CT molecular complexity index is 1150. The average Bonchev–Trinajstić information content (AvgIpc) is 2.87. The summed E-state index contributed by atoms with van der Waals surface area (Å²) >= 11 is 0. The molecule has 3 N–H and O–H groups in total. The first-order chi connectivity index (χ1) is 18.2. The first kappa shape index (κ1) is 29.4. The molecule has 10 heteroatoms. The van der Waals surface area contributed by atoms with Gasteiger partial charge < -0.3 is 34.3 Å². The second-order valence-electron chi connectivity index (χ2n) is 11.6. The van der Waals surface area contributed by atoms with E-state index in [0.717, 1.165) is 0 Å². The maximum absolute atomic E-state index is 14.4. The monoisotopic (exact) mass is 546 g/mol. The Morgan fingerprint density at radius 2 is 1.77 bits per heavy atom. The summed E-state index contributed by atoms with van der Waals surface area (Å²) in [6, 6.07) is 8.27. The zero-order valence-electron chi connectivity index (χ0n) is 23.2. The van der Waals surface area contributed by atoms with E-state index in [-0.39, 0.29) is 36.2 Å². The number of hydrogen-bond acceptors (Lipinski definition) is 10. The van der Waals surface area contributed by atoms with Crippen LogP contribution in [0.25, 0.3) is 0 Å². The highest BCUT2D eigenvalue weighted by Gasteiger charge is 2.73. The van der Waals surface area contributed by atoms with Crippen LogP contribution in [0.4, 0.5) is 0 Å². The number of rotatable bonds is 5. The van der Waals surface area contributed by atoms with Crippen molar-refractivity contribution in [2.24, 2.45) is 11.3 Å². The van der Waals surface area contributed by atoms with Crippen LogP contribution in [0.3, 0.4) is 0 Å². The van der Waals surface area contributed by atoms with Crippen molar-refractivity contribution in [1.82, 2.24) is 0 Å². The van der Waals surface area contributed by atoms with Gasteiger partial charge in [-0.15, -0.1) is 0 Å². The number of ketones is 1. The van der Waals surface area contributed by atoms with E-state index in [1.165, 1.54) is 34.8 Å². The number of aliphatic hydroxyl groups excluding tert-OH is 2. The molecule has 3 aliphatic rings. The third-order valence-corrected chi connectivity index (χ3v) is 8.67. The Hall–Kier alpha value is -2.63. The van der Waals surface area contributed by atoms with Crippen LogP contribution in [0, 0.1) is 11.3 Å². The molecule has 0 bridgehead atoms. The molecule has 0 amide bonds. The van der Waals surface area contributed by atoms with Crippen molar-refractivity contribution in [2.75, 3.05) is 13.7 Å². The lowest BCUT2D eigenvalue weighted by atomic mass is 9.51. The van der Waals surface area contributed by atoms with E-state index in [0.29, 0.717) is 0 Å². The summed E-state index contributed by atoms with van der Waals surface area (Å²) in [7, 11) is 1.43. The van der Waals surface area contributed by atoms with Crippen molar-refractivity contribution in [1.29, 1.82) is 0 Å². The number of Topliss-reactive ketones (excluding diaryl/α,β-unsaturated/α-hetero) is 1. The lowest BCUT2D eigenvalue weighted by molar-refractivity contribution is -0.332. The van der Waals surface area contributed by atoms with Crippen molar-refractivity contribution in [3.63, 3.8) is 0 Å². The van der Waals surface area contributed by atoms with Crippen LogP contribution in [0.2, 0.25) is 0 Å². The molecule has 8 atom stereocenters. The number of carbonyl (C=O) groups is 3. The number of esters is 2. The zero-order valence-corrected chi connectivity index (χ0v) is 23.2. The highest BCUT2D eigenvalue weighted by atomic mass is 16.6. The normalized spacial score (nSPS) is 38.7. The van der Waals surface area contributed by atoms with Crippen molar-refractivity contribution >= 4 is 17.7 Å². The maximum Gasteiger partial charge on any atom is 0.338 e. The van der Waals surface area contributed by atoms with E-state index >= 15 is 0 Å². The average molecular weight is 547 g/mol. The van der Waals surface area contributed by atoms with E-state index in [1.54, 1.807) is 37.3 Å². The summed E-state index contributed by atoms with van der Waals surface area (Å²) in [5.74, 6) is -3.08. The fraction of sp³-hybridized carbons (Fsp3) is 0.621. The Kier molecular flexibility index (Phi) is 7.83. The van der Waals surface area contributed by atoms with E-state index in [1.807, 2.05) is 0 Å². The second kappa shape index (κ2) is 10.4. The van der Waals surface area contributed by atoms with Gasteiger partial charge in [-0.2, -0.15) is 0 Å². The summed E-state index contributed by atoms with van der Waals surface area (Å²) in [6.45, 7) is 7.13. The van der Waals surface area contributed by atoms with E-state index < -0.39 is 70.8 Å². The fourth-order valence-electron chi connectivity index (χ4n) is 6.92. The minimum absolute atomic E-state index is 0.0432. The molecule has 1 aliphatic heterocycles. The molecule has 1 saturated carbocycles. The summed E-state index contributed by atoms with van der Waals surface area (Å²) < 4.78 is 23.6. The smallest absolute Gasteiger partial charge is 0.338 e. The lowest BCUT2D eigenvalue weighted by Gasteiger charge is -2.63. The van der Waals surface area contributed by atoms with Gasteiger partial charge in [-0.1, -0.05) is 18.2 Å². The predicted molar refractivity (Wildman–Crippen MR) is 138 cm³/mol. The van der Waals surface area contributed by atoms with Crippen LogP contribution >= 0.6 is 0 Å². The third kappa shape index (κ3) is 4.82. The molecule has 1 aromatic rings. The highest BCUT2D eigenvalue weighted by molar-refractivity contribution is 5.93. The van der Waals surface area contributed by atoms with Gasteiger partial charge in [0.2, 0.25) is 0 Å². The Morgan fingerprint density at radius 1 is 1.13 bits per heavy atom. The minimum Gasteiger partial charge on any atom is -0.458 e. The molecule has 4 rings (SSSR count). The number of fused-ring (bicyclic) bond motifs is 3. The number of carbonyl (C=O) groups excluding carboxylic acids is 3. The van der Waals surface area contributed by atoms with Crippen molar-refractivity contribution in [3.05, 3.63) is 47.0 Å². The van der Waals surface area contributed by atoms with Gasteiger partial charge in [-0.25, -0.2) is 4.79 Å². The molecule has 1 heterocycles. The second-order valence-corrected chi connectivity index (χ2v) is 11.6. The fourth-order valence-corrected chi connectivity index (χ4v) is 6.92. The van der Waals surface area contributed by atoms with Gasteiger partial charge in [0, 0.05) is 26.9 Å². The number of ether oxygens (including phenoxy) is 4. The van der Waals surface area contributed by atoms with Crippen LogP contribution in [0.5, 0.6) is 0 Å². The zero-order chi connectivity index (χ0) is 28.9. The minimum atomic E-state index is -1.82. The maximum atomic E-state index is 14.4. The molecule has 2 aliphatic carbocycles. The van der Waals surface area contributed by atoms with Crippen LogP contribution < -0.4 is 0 Å². The Balaban J connectivity index is 1.96. The highest BCUT2D eigenvalue weighted by Crippen LogP contribution is 2.58. The summed E-state index contributed by atoms with van der Waals surface area (Å²) in [4.78, 5) is 40.2. The molecule has 0 spiro atoms. The SMILES string of the molecule is CO[C@H]1C[C@H]2OC[C@@]2(OC(C)=O)[C@H]2[C@H](OC(=O)c3ccccc3)C[C@H](O)/C(C)=C(\C(C)(C)O)[C@@H](O)C(=O)[C@]12C. The molecule has 0 unspecified atom stereocenters. The van der Waals surface area contributed by atoms with Crippen LogP contribution in [-0.4, -0.2) is 88.5 Å². The molecule has 0 radical (unpaired) electrons. The number of hydrogen-bond donors (Lipinski definition) is 3. The van der Waals surface area contributed by atoms with Crippen molar-refractivity contribution in [3.8, 4) is 0 Å². The van der Waals surface area contributed by atoms with Gasteiger partial charge in [0.1, 0.15) is 18.3 Å². The Morgan fingerprint density at radius 3 is 2.28 bits per heavy atom. The third-order valence-electron chi connectivity index (χ3n) is 8.67. The lowest BCUT2D eigenvalue weighted by Crippen LogP contribution is -2.77. The van der Waals surface area contributed by atoms with Crippen molar-refractivity contribution < 1.29 is 48.7 Å². The molecule has 1 aromatic carbocycles. The molecule has 0 aromatic heterocycles. The van der Waals surface area contributed by atoms with Gasteiger partial charge in [0.25, 0.3) is 0 Å². The van der Waals surface area contributed by atoms with Crippen LogP contribution in [-0.2, 0) is 28.5 Å². The predicted octanol–water partition coefficient (Wildman–Crippen LogP) is 1.74. The molecule has 10 nitrogen and oxygen atoms in total. The topological polar surface area (TPSA) is 149 Å². The Labute approximate surface area is 227 Å². The molecule has 39 heavy (non-hydrogen) atoms. The molecule has 1 saturated heterocycles. The van der Waals surface area contributed by atoms with E-state index in [9.17, 15) is 29.7 Å². The number of benzene rings is 1. The summed E-state index contributed by atoms with van der Waals surface area (Å²) in [6.07, 6.45) is -5.85. The standard InChI is InChI=1S/C29H38O10/c1-15-18(31)12-19(38-26(34)17-10-8-7-9-11-17)24-28(5,25(33)23(32)22(15)27(3,4)35)20(36-6)13-21-29(24,14-37-21)39-16(2)30/h7-11,18-21,23-24,31-32,35H,12-14H2,1-6H3/b22-15-/t18-,19+,20-,21+,23+,24-,28+,29-/m0/s1. The van der Waals surface area contributed by atoms with Gasteiger partial charge in [-0.05, 0) is 51.0 Å². The van der Waals surface area contributed by atoms with E-state index in [2.05, 4.69) is 0 Å². The van der Waals surface area contributed by atoms with Crippen LogP contribution in [0.15, 0.2) is 41.5 Å². The summed E-state index contributed by atoms with van der Waals surface area (Å²) in [5.41, 5.74) is -4.25. The summed E-state index contributed by atoms with van der Waals surface area (Å²) in [5, 5.41) is 33.9. The first-order valence-electron chi connectivity index (χ1n) is 13.1. The molecule has 214 valence electrons. The molecular formula is C29H38O10. The van der Waals surface area contributed by atoms with Crippen LogP contribution in [0.1, 0.15) is 57.8 Å². The van der Waals surface area contributed by atoms with Gasteiger partial charge in [0.15, 0.2) is 11.4 Å². The number of aliphatic hydroxyl groups is 3. The molecular weight excluding hydrogens is 508 g/mol. The van der Waals surface area contributed by atoms with Gasteiger partial charge in [-0.3, -0.25) is 9.59 Å². The largest absolute Gasteiger partial charge is 0.458 e. The van der Waals surface area contributed by atoms with E-state index in [4.69, 9.17) is 18.9 Å². The molecule has 2 fully saturated rings. The number of methoxy groups -OCH3 is 1. The van der Waals surface area contributed by atoms with Crippen molar-refractivity contribution in [2.45, 2.75) is 89.2 Å². The van der Waals surface area contributed by atoms with Gasteiger partial charge in [0.05, 0.1) is 41.3 Å². The van der Waals surface area contributed by atoms with Gasteiger partial charge >= 0.3 is 11.9 Å². The first-order valence-corrected chi connectivity index (χ1v) is 13.1. The quantitative estimate of drug-likeness (QED) is 0.368.